The van der Waals surface area contributed by atoms with E-state index in [1.807, 2.05) is 36.4 Å². The Balaban J connectivity index is 1.56. The van der Waals surface area contributed by atoms with E-state index < -0.39 is 0 Å². The molecule has 0 radical (unpaired) electrons. The molecular formula is C24H30N4O2. The number of aliphatic hydroxyl groups excluding tert-OH is 1. The van der Waals surface area contributed by atoms with Gasteiger partial charge in [0.25, 0.3) is 0 Å². The second-order valence-electron chi connectivity index (χ2n) is 9.26. The van der Waals surface area contributed by atoms with Gasteiger partial charge in [-0.1, -0.05) is 57.9 Å². The number of anilines is 1. The van der Waals surface area contributed by atoms with Gasteiger partial charge in [-0.05, 0) is 23.8 Å². The summed E-state index contributed by atoms with van der Waals surface area (Å²) in [4.78, 5) is 17.5. The Labute approximate surface area is 177 Å². The number of hydrogen-bond donors (Lipinski definition) is 2. The largest absolute Gasteiger partial charge is 0.391 e. The van der Waals surface area contributed by atoms with E-state index in [-0.39, 0.29) is 29.8 Å². The molecule has 2 N–H and O–H groups in total. The van der Waals surface area contributed by atoms with Gasteiger partial charge in [0.15, 0.2) is 11.4 Å². The zero-order valence-corrected chi connectivity index (χ0v) is 17.9. The third-order valence-electron chi connectivity index (χ3n) is 5.89. The fourth-order valence-corrected chi connectivity index (χ4v) is 4.05. The van der Waals surface area contributed by atoms with Gasteiger partial charge in [-0.3, -0.25) is 4.79 Å². The van der Waals surface area contributed by atoms with Crippen molar-refractivity contribution < 1.29 is 9.90 Å². The van der Waals surface area contributed by atoms with Crippen LogP contribution in [0.4, 0.5) is 5.82 Å². The number of aromatic nitrogens is 3. The maximum atomic E-state index is 12.9. The molecule has 0 aliphatic heterocycles. The number of fused-ring (bicyclic) bond motifs is 1. The number of nitrogens with one attached hydrogen (secondary N) is 1. The molecule has 6 heteroatoms. The van der Waals surface area contributed by atoms with Crippen molar-refractivity contribution in [3.8, 4) is 0 Å². The highest BCUT2D eigenvalue weighted by atomic mass is 16.3. The number of carbonyl (C=O) groups is 1. The Morgan fingerprint density at radius 3 is 2.60 bits per heavy atom. The van der Waals surface area contributed by atoms with Crippen molar-refractivity contribution in [2.24, 2.45) is 0 Å². The van der Waals surface area contributed by atoms with Crippen LogP contribution in [0.3, 0.4) is 0 Å². The molecular weight excluding hydrogens is 376 g/mol. The number of nitrogens with zero attached hydrogens (tertiary/aromatic N) is 3. The van der Waals surface area contributed by atoms with Gasteiger partial charge in [0, 0.05) is 17.7 Å². The minimum Gasteiger partial charge on any atom is -0.391 e. The molecule has 1 fully saturated rings. The molecule has 2 atom stereocenters. The van der Waals surface area contributed by atoms with Crippen molar-refractivity contribution >= 4 is 17.2 Å². The normalized spacial score (nSPS) is 19.7. The zero-order chi connectivity index (χ0) is 21.3. The first kappa shape index (κ1) is 20.5. The number of rotatable bonds is 5. The predicted molar refractivity (Wildman–Crippen MR) is 118 cm³/mol. The minimum absolute atomic E-state index is 0.0120. The lowest BCUT2D eigenvalue weighted by Crippen LogP contribution is -2.37. The van der Waals surface area contributed by atoms with Crippen LogP contribution in [0.15, 0.2) is 42.6 Å². The first-order valence-corrected chi connectivity index (χ1v) is 10.7. The molecule has 3 aromatic rings. The molecule has 158 valence electrons. The Morgan fingerprint density at radius 1 is 1.17 bits per heavy atom. The Bertz CT molecular complexity index is 1030. The summed E-state index contributed by atoms with van der Waals surface area (Å²) in [6, 6.07) is 11.5. The smallest absolute Gasteiger partial charge is 0.168 e. The minimum atomic E-state index is -0.371. The van der Waals surface area contributed by atoms with Crippen LogP contribution in [-0.4, -0.2) is 37.6 Å². The van der Waals surface area contributed by atoms with E-state index in [1.54, 1.807) is 10.7 Å². The average molecular weight is 407 g/mol. The molecule has 0 amide bonds. The molecule has 1 aliphatic rings. The summed E-state index contributed by atoms with van der Waals surface area (Å²) in [5.74, 6) is 0.803. The topological polar surface area (TPSA) is 79.5 Å². The highest BCUT2D eigenvalue weighted by Crippen LogP contribution is 2.24. The molecule has 4 rings (SSSR count). The van der Waals surface area contributed by atoms with E-state index in [9.17, 15) is 9.90 Å². The lowest BCUT2D eigenvalue weighted by Gasteiger charge is -2.29. The number of carbonyl (C=O) groups excluding carboxylic acids is 1. The van der Waals surface area contributed by atoms with E-state index in [4.69, 9.17) is 0 Å². The second kappa shape index (κ2) is 8.19. The van der Waals surface area contributed by atoms with Gasteiger partial charge in [0.2, 0.25) is 0 Å². The summed E-state index contributed by atoms with van der Waals surface area (Å²) >= 11 is 0. The molecule has 1 aromatic carbocycles. The maximum Gasteiger partial charge on any atom is 0.168 e. The lowest BCUT2D eigenvalue weighted by atomic mass is 9.86. The van der Waals surface area contributed by atoms with Crippen LogP contribution in [0.1, 0.15) is 68.1 Å². The summed E-state index contributed by atoms with van der Waals surface area (Å²) in [6.07, 6.45) is 5.42. The molecule has 2 aromatic heterocycles. The summed E-state index contributed by atoms with van der Waals surface area (Å²) < 4.78 is 1.73. The van der Waals surface area contributed by atoms with Crippen molar-refractivity contribution in [3.05, 3.63) is 59.4 Å². The molecule has 6 nitrogen and oxygen atoms in total. The number of aliphatic hydroxyl groups is 1. The van der Waals surface area contributed by atoms with E-state index in [0.29, 0.717) is 16.9 Å². The summed E-state index contributed by atoms with van der Waals surface area (Å²) in [5, 5.41) is 18.1. The Hall–Kier alpha value is -2.73. The summed E-state index contributed by atoms with van der Waals surface area (Å²) in [6.45, 7) is 6.48. The first-order valence-electron chi connectivity index (χ1n) is 10.7. The Morgan fingerprint density at radius 2 is 1.90 bits per heavy atom. The van der Waals surface area contributed by atoms with E-state index in [1.165, 1.54) is 5.56 Å². The van der Waals surface area contributed by atoms with Gasteiger partial charge in [-0.25, -0.2) is 4.98 Å². The molecule has 2 heterocycles. The third kappa shape index (κ3) is 4.38. The fourth-order valence-electron chi connectivity index (χ4n) is 4.05. The standard InChI is InChI=1S/C24H30N4O2/c1-24(2,3)17-10-8-16(9-11-17)21(30)14-18-15-23(28-22(26-18)12-13-25-28)27-19-6-4-5-7-20(19)29/h8-13,15,19-20,27,29H,4-7,14H2,1-3H3. The van der Waals surface area contributed by atoms with Crippen LogP contribution >= 0.6 is 0 Å². The highest BCUT2D eigenvalue weighted by molar-refractivity contribution is 5.97. The van der Waals surface area contributed by atoms with Gasteiger partial charge < -0.3 is 10.4 Å². The van der Waals surface area contributed by atoms with Crippen LogP contribution in [-0.2, 0) is 11.8 Å². The summed E-state index contributed by atoms with van der Waals surface area (Å²) in [7, 11) is 0. The molecule has 0 bridgehead atoms. The number of ketones is 1. The van der Waals surface area contributed by atoms with Crippen LogP contribution in [0, 0.1) is 0 Å². The van der Waals surface area contributed by atoms with Crippen molar-refractivity contribution in [1.82, 2.24) is 14.6 Å². The van der Waals surface area contributed by atoms with E-state index >= 15 is 0 Å². The zero-order valence-electron chi connectivity index (χ0n) is 17.9. The molecule has 30 heavy (non-hydrogen) atoms. The lowest BCUT2D eigenvalue weighted by molar-refractivity contribution is 0.0991. The van der Waals surface area contributed by atoms with Gasteiger partial charge in [0.05, 0.1) is 30.5 Å². The van der Waals surface area contributed by atoms with Crippen LogP contribution in [0.5, 0.6) is 0 Å². The van der Waals surface area contributed by atoms with Crippen molar-refractivity contribution in [3.63, 3.8) is 0 Å². The monoisotopic (exact) mass is 406 g/mol. The van der Waals surface area contributed by atoms with Gasteiger partial charge in [-0.2, -0.15) is 9.61 Å². The van der Waals surface area contributed by atoms with Crippen LogP contribution in [0.25, 0.3) is 5.65 Å². The molecule has 0 spiro atoms. The first-order chi connectivity index (χ1) is 14.3. The van der Waals surface area contributed by atoms with Gasteiger partial charge in [-0.15, -0.1) is 0 Å². The average Bonchev–Trinajstić information content (AvgIpc) is 3.18. The van der Waals surface area contributed by atoms with Crippen LogP contribution < -0.4 is 5.32 Å². The maximum absolute atomic E-state index is 12.9. The summed E-state index contributed by atoms with van der Waals surface area (Å²) in [5.41, 5.74) is 3.34. The highest BCUT2D eigenvalue weighted by Gasteiger charge is 2.24. The van der Waals surface area contributed by atoms with Crippen molar-refractivity contribution in [2.45, 2.75) is 70.4 Å². The van der Waals surface area contributed by atoms with Gasteiger partial charge >= 0.3 is 0 Å². The SMILES string of the molecule is CC(C)(C)c1ccc(C(=O)Cc2cc(NC3CCCCC3O)n3nccc3n2)cc1. The Kier molecular flexibility index (Phi) is 5.60. The quantitative estimate of drug-likeness (QED) is 0.622. The number of benzene rings is 1. The molecule has 1 aliphatic carbocycles. The van der Waals surface area contributed by atoms with Gasteiger partial charge in [0.1, 0.15) is 5.82 Å². The van der Waals surface area contributed by atoms with E-state index in [2.05, 4.69) is 36.2 Å². The molecule has 0 saturated heterocycles. The fraction of sp³-hybridized carbons (Fsp3) is 0.458. The van der Waals surface area contributed by atoms with E-state index in [0.717, 1.165) is 31.5 Å². The van der Waals surface area contributed by atoms with Crippen molar-refractivity contribution in [1.29, 1.82) is 0 Å². The van der Waals surface area contributed by atoms with Crippen molar-refractivity contribution in [2.75, 3.05) is 5.32 Å². The molecule has 2 unspecified atom stereocenters. The predicted octanol–water partition coefficient (Wildman–Crippen LogP) is 4.17. The second-order valence-corrected chi connectivity index (χ2v) is 9.26. The molecule has 1 saturated carbocycles. The van der Waals surface area contributed by atoms with Crippen LogP contribution in [0.2, 0.25) is 0 Å². The third-order valence-corrected chi connectivity index (χ3v) is 5.89. The number of hydrogen-bond acceptors (Lipinski definition) is 5. The number of Topliss-reactive ketones (excluding diaryl/α,β-unsaturated/α-hetero) is 1.